The van der Waals surface area contributed by atoms with E-state index in [-0.39, 0.29) is 42.1 Å². The van der Waals surface area contributed by atoms with Gasteiger partial charge < -0.3 is 16.0 Å². The first-order valence-electron chi connectivity index (χ1n) is 10.7. The Hall–Kier alpha value is -2.95. The van der Waals surface area contributed by atoms with Gasteiger partial charge in [0.05, 0.1) is 19.5 Å². The quantitative estimate of drug-likeness (QED) is 0.153. The normalized spacial score (nSPS) is 10.9. The molecule has 9 heteroatoms. The number of halogens is 2. The first-order chi connectivity index (χ1) is 15.6. The van der Waals surface area contributed by atoms with Crippen LogP contribution in [0.25, 0.3) is 0 Å². The van der Waals surface area contributed by atoms with Gasteiger partial charge >= 0.3 is 0 Å². The van der Waals surface area contributed by atoms with E-state index >= 15 is 0 Å². The van der Waals surface area contributed by atoms with Crippen molar-refractivity contribution in [1.29, 1.82) is 0 Å². The molecule has 0 saturated heterocycles. The number of hydrogen-bond acceptors (Lipinski definition) is 3. The summed E-state index contributed by atoms with van der Waals surface area (Å²) in [5, 5.41) is 13.6. The number of aliphatic imine (C=N–C) groups is 1. The van der Waals surface area contributed by atoms with Crippen molar-refractivity contribution >= 4 is 35.8 Å². The summed E-state index contributed by atoms with van der Waals surface area (Å²) in [7, 11) is 0. The molecule has 176 valence electrons. The summed E-state index contributed by atoms with van der Waals surface area (Å²) in [6.45, 7) is 4.92. The lowest BCUT2D eigenvalue weighted by atomic mass is 10.1. The van der Waals surface area contributed by atoms with Crippen LogP contribution in [-0.4, -0.2) is 41.3 Å². The van der Waals surface area contributed by atoms with Crippen molar-refractivity contribution in [3.63, 3.8) is 0 Å². The molecule has 3 N–H and O–H groups in total. The van der Waals surface area contributed by atoms with E-state index in [0.717, 1.165) is 12.1 Å². The average Bonchev–Trinajstić information content (AvgIpc) is 3.29. The van der Waals surface area contributed by atoms with Crippen LogP contribution in [0.15, 0.2) is 72.0 Å². The molecule has 0 saturated carbocycles. The second-order valence-corrected chi connectivity index (χ2v) is 7.25. The molecule has 0 unspecified atom stereocenters. The van der Waals surface area contributed by atoms with E-state index in [1.165, 1.54) is 17.7 Å². The number of benzene rings is 2. The first kappa shape index (κ1) is 26.3. The zero-order valence-electron chi connectivity index (χ0n) is 18.6. The Balaban J connectivity index is 0.00000385. The van der Waals surface area contributed by atoms with E-state index in [1.54, 1.807) is 18.3 Å². The van der Waals surface area contributed by atoms with Crippen LogP contribution in [0.5, 0.6) is 0 Å². The molecule has 0 atom stereocenters. The predicted molar refractivity (Wildman–Crippen MR) is 139 cm³/mol. The molecule has 0 aliphatic heterocycles. The third-order valence-electron chi connectivity index (χ3n) is 4.75. The Labute approximate surface area is 210 Å². The lowest BCUT2D eigenvalue weighted by molar-refractivity contribution is -0.120. The van der Waals surface area contributed by atoms with E-state index in [9.17, 15) is 9.18 Å². The smallest absolute Gasteiger partial charge is 0.224 e. The Kier molecular flexibility index (Phi) is 11.4. The van der Waals surface area contributed by atoms with Crippen molar-refractivity contribution < 1.29 is 9.18 Å². The second-order valence-electron chi connectivity index (χ2n) is 7.25. The maximum Gasteiger partial charge on any atom is 0.224 e. The van der Waals surface area contributed by atoms with Crippen molar-refractivity contribution in [2.75, 3.05) is 19.6 Å². The van der Waals surface area contributed by atoms with Crippen LogP contribution in [0.1, 0.15) is 23.6 Å². The molecule has 3 rings (SSSR count). The fourth-order valence-electron chi connectivity index (χ4n) is 3.22. The minimum absolute atomic E-state index is 0. The van der Waals surface area contributed by atoms with Crippen LogP contribution >= 0.6 is 24.0 Å². The molecule has 33 heavy (non-hydrogen) atoms. The Bertz CT molecular complexity index is 1030. The molecule has 0 fully saturated rings. The number of rotatable bonds is 10. The number of nitrogens with zero attached hydrogens (tertiary/aromatic N) is 3. The SMILES string of the molecule is CCNC(=NCc1ccccc1Cn1cccn1)NCCNC(=O)Cc1cccc(F)c1.I. The third kappa shape index (κ3) is 9.21. The van der Waals surface area contributed by atoms with Gasteiger partial charge in [-0.1, -0.05) is 36.4 Å². The van der Waals surface area contributed by atoms with E-state index in [2.05, 4.69) is 38.2 Å². The summed E-state index contributed by atoms with van der Waals surface area (Å²) < 4.78 is 15.1. The van der Waals surface area contributed by atoms with Crippen molar-refractivity contribution in [1.82, 2.24) is 25.7 Å². The molecular formula is C24H30FIN6O. The first-order valence-corrected chi connectivity index (χ1v) is 10.7. The predicted octanol–water partition coefficient (Wildman–Crippen LogP) is 3.10. The van der Waals surface area contributed by atoms with Crippen LogP contribution in [0, 0.1) is 5.82 Å². The molecule has 0 bridgehead atoms. The van der Waals surface area contributed by atoms with Gasteiger partial charge in [0.2, 0.25) is 5.91 Å². The van der Waals surface area contributed by atoms with E-state index < -0.39 is 0 Å². The largest absolute Gasteiger partial charge is 0.357 e. The zero-order valence-corrected chi connectivity index (χ0v) is 21.0. The molecule has 1 amide bonds. The van der Waals surface area contributed by atoms with Crippen molar-refractivity contribution in [3.8, 4) is 0 Å². The zero-order chi connectivity index (χ0) is 22.6. The number of carbonyl (C=O) groups is 1. The summed E-state index contributed by atoms with van der Waals surface area (Å²) in [4.78, 5) is 16.7. The van der Waals surface area contributed by atoms with Crippen LogP contribution in [0.4, 0.5) is 4.39 Å². The van der Waals surface area contributed by atoms with Crippen molar-refractivity contribution in [2.24, 2.45) is 4.99 Å². The summed E-state index contributed by atoms with van der Waals surface area (Å²) in [6.07, 6.45) is 3.86. The minimum atomic E-state index is -0.338. The van der Waals surface area contributed by atoms with Gasteiger partial charge in [0.1, 0.15) is 5.82 Å². The average molecular weight is 564 g/mol. The molecule has 0 aliphatic rings. The van der Waals surface area contributed by atoms with Crippen LogP contribution in [0.2, 0.25) is 0 Å². The van der Waals surface area contributed by atoms with Gasteiger partial charge in [-0.2, -0.15) is 5.10 Å². The monoisotopic (exact) mass is 564 g/mol. The number of hydrogen-bond donors (Lipinski definition) is 3. The molecule has 0 aliphatic carbocycles. The van der Waals surface area contributed by atoms with Gasteiger partial charge in [0.15, 0.2) is 5.96 Å². The summed E-state index contributed by atoms with van der Waals surface area (Å²) in [6, 6.07) is 16.2. The maximum absolute atomic E-state index is 13.2. The molecule has 1 heterocycles. The lowest BCUT2D eigenvalue weighted by Crippen LogP contribution is -2.41. The third-order valence-corrected chi connectivity index (χ3v) is 4.75. The number of nitrogens with one attached hydrogen (secondary N) is 3. The van der Waals surface area contributed by atoms with E-state index in [0.29, 0.717) is 37.7 Å². The topological polar surface area (TPSA) is 83.3 Å². The molecule has 2 aromatic carbocycles. The fourth-order valence-corrected chi connectivity index (χ4v) is 3.22. The molecule has 3 aromatic rings. The number of guanidine groups is 1. The highest BCUT2D eigenvalue weighted by Gasteiger charge is 2.06. The maximum atomic E-state index is 13.2. The minimum Gasteiger partial charge on any atom is -0.357 e. The lowest BCUT2D eigenvalue weighted by Gasteiger charge is -2.13. The highest BCUT2D eigenvalue weighted by atomic mass is 127. The van der Waals surface area contributed by atoms with Crippen LogP contribution in [0.3, 0.4) is 0 Å². The van der Waals surface area contributed by atoms with Gasteiger partial charge in [0.25, 0.3) is 0 Å². The summed E-state index contributed by atoms with van der Waals surface area (Å²) >= 11 is 0. The van der Waals surface area contributed by atoms with Crippen LogP contribution < -0.4 is 16.0 Å². The number of amides is 1. The van der Waals surface area contributed by atoms with Gasteiger partial charge in [-0.05, 0) is 41.8 Å². The molecule has 7 nitrogen and oxygen atoms in total. The van der Waals surface area contributed by atoms with Gasteiger partial charge in [-0.3, -0.25) is 9.48 Å². The fraction of sp³-hybridized carbons (Fsp3) is 0.292. The Morgan fingerprint density at radius 3 is 2.55 bits per heavy atom. The number of carbonyl (C=O) groups excluding carboxylic acids is 1. The summed E-state index contributed by atoms with van der Waals surface area (Å²) in [5.74, 6) is 0.197. The molecular weight excluding hydrogens is 534 g/mol. The highest BCUT2D eigenvalue weighted by molar-refractivity contribution is 14.0. The molecule has 1 aromatic heterocycles. The molecule has 0 radical (unpaired) electrons. The standard InChI is InChI=1S/C24H29FN6O.HI/c1-2-26-24(28-13-12-27-23(32)16-19-7-5-10-22(25)15-19)29-17-20-8-3-4-9-21(20)18-31-14-6-11-30-31;/h3-11,14-15H,2,12-13,16-18H2,1H3,(H,27,32)(H2,26,28,29);1H. The Morgan fingerprint density at radius 1 is 1.03 bits per heavy atom. The number of aromatic nitrogens is 2. The van der Waals surface area contributed by atoms with Crippen molar-refractivity contribution in [2.45, 2.75) is 26.4 Å². The van der Waals surface area contributed by atoms with E-state index in [4.69, 9.17) is 0 Å². The second kappa shape index (κ2) is 14.2. The molecule has 0 spiro atoms. The van der Waals surface area contributed by atoms with Crippen molar-refractivity contribution in [3.05, 3.63) is 89.5 Å². The Morgan fingerprint density at radius 2 is 1.82 bits per heavy atom. The summed E-state index contributed by atoms with van der Waals surface area (Å²) in [5.41, 5.74) is 2.95. The van der Waals surface area contributed by atoms with E-state index in [1.807, 2.05) is 36.0 Å². The highest BCUT2D eigenvalue weighted by Crippen LogP contribution is 2.11. The van der Waals surface area contributed by atoms with Crippen LogP contribution in [-0.2, 0) is 24.3 Å². The van der Waals surface area contributed by atoms with Gasteiger partial charge in [0, 0.05) is 32.0 Å². The van der Waals surface area contributed by atoms with Gasteiger partial charge in [-0.25, -0.2) is 9.38 Å². The van der Waals surface area contributed by atoms with Gasteiger partial charge in [-0.15, -0.1) is 24.0 Å².